The molecule has 6 nitrogen and oxygen atoms in total. The molecule has 1 aromatic carbocycles. The van der Waals surface area contributed by atoms with E-state index in [0.717, 1.165) is 56.0 Å². The van der Waals surface area contributed by atoms with Gasteiger partial charge >= 0.3 is 0 Å². The molecule has 1 saturated carbocycles. The fourth-order valence-corrected chi connectivity index (χ4v) is 3.34. The zero-order valence-electron chi connectivity index (χ0n) is 15.3. The Balaban J connectivity index is 1.43. The van der Waals surface area contributed by atoms with Crippen molar-refractivity contribution in [3.05, 3.63) is 48.2 Å². The number of benzene rings is 1. The van der Waals surface area contributed by atoms with E-state index in [-0.39, 0.29) is 17.7 Å². The van der Waals surface area contributed by atoms with Crippen LogP contribution in [0.4, 0.5) is 17.2 Å². The van der Waals surface area contributed by atoms with Crippen LogP contribution in [0.1, 0.15) is 42.5 Å². The van der Waals surface area contributed by atoms with E-state index in [9.17, 15) is 9.59 Å². The maximum atomic E-state index is 12.7. The molecule has 1 aromatic heterocycles. The number of hydrogen-bond acceptors (Lipinski definition) is 4. The lowest BCUT2D eigenvalue weighted by Crippen LogP contribution is -2.31. The summed E-state index contributed by atoms with van der Waals surface area (Å²) >= 11 is 0. The van der Waals surface area contributed by atoms with Crippen LogP contribution in [0.25, 0.3) is 0 Å². The fraction of sp³-hybridized carbons (Fsp3) is 0.381. The average Bonchev–Trinajstić information content (AvgIpc) is 3.55. The van der Waals surface area contributed by atoms with E-state index in [4.69, 9.17) is 0 Å². The normalized spacial score (nSPS) is 16.7. The van der Waals surface area contributed by atoms with Gasteiger partial charge < -0.3 is 15.5 Å². The Morgan fingerprint density at radius 1 is 0.963 bits per heavy atom. The monoisotopic (exact) mass is 364 g/mol. The van der Waals surface area contributed by atoms with Crippen molar-refractivity contribution in [2.45, 2.75) is 32.1 Å². The minimum atomic E-state index is -0.179. The molecule has 2 aromatic rings. The van der Waals surface area contributed by atoms with Gasteiger partial charge in [0, 0.05) is 36.5 Å². The summed E-state index contributed by atoms with van der Waals surface area (Å²) in [5.74, 6) is 0.876. The molecule has 2 fully saturated rings. The van der Waals surface area contributed by atoms with Crippen molar-refractivity contribution in [3.63, 3.8) is 0 Å². The van der Waals surface area contributed by atoms with E-state index < -0.39 is 0 Å². The van der Waals surface area contributed by atoms with Crippen LogP contribution in [-0.2, 0) is 4.79 Å². The first kappa shape index (κ1) is 17.5. The third-order valence-corrected chi connectivity index (χ3v) is 5.05. The summed E-state index contributed by atoms with van der Waals surface area (Å²) in [7, 11) is 0. The molecule has 4 rings (SSSR count). The Kier molecular flexibility index (Phi) is 5.05. The molecule has 1 saturated heterocycles. The van der Waals surface area contributed by atoms with Gasteiger partial charge in [-0.25, -0.2) is 4.98 Å². The molecule has 2 N–H and O–H groups in total. The van der Waals surface area contributed by atoms with Gasteiger partial charge in [-0.05, 0) is 68.5 Å². The standard InChI is InChI=1S/C21H24N4O2/c26-20(15-6-7-15)23-17-10-8-16(9-11-17)21(27)24-18-5-4-12-22-19(18)25-13-2-1-3-14-25/h4-5,8-12,15H,1-3,6-7,13-14H2,(H,23,26)(H,24,27). The molecule has 0 radical (unpaired) electrons. The first-order chi connectivity index (χ1) is 13.2. The molecular weight excluding hydrogens is 340 g/mol. The van der Waals surface area contributed by atoms with Crippen LogP contribution < -0.4 is 15.5 Å². The Labute approximate surface area is 159 Å². The first-order valence-corrected chi connectivity index (χ1v) is 9.63. The molecule has 0 atom stereocenters. The van der Waals surface area contributed by atoms with Gasteiger partial charge in [-0.2, -0.15) is 0 Å². The Morgan fingerprint density at radius 2 is 1.70 bits per heavy atom. The van der Waals surface area contributed by atoms with E-state index in [1.165, 1.54) is 6.42 Å². The molecule has 0 bridgehead atoms. The second kappa shape index (κ2) is 7.78. The van der Waals surface area contributed by atoms with Gasteiger partial charge in [0.05, 0.1) is 5.69 Å². The van der Waals surface area contributed by atoms with E-state index in [2.05, 4.69) is 20.5 Å². The number of hydrogen-bond donors (Lipinski definition) is 2. The highest BCUT2D eigenvalue weighted by molar-refractivity contribution is 6.06. The zero-order chi connectivity index (χ0) is 18.6. The van der Waals surface area contributed by atoms with Gasteiger partial charge in [-0.3, -0.25) is 9.59 Å². The third kappa shape index (κ3) is 4.27. The summed E-state index contributed by atoms with van der Waals surface area (Å²) in [6.45, 7) is 1.94. The van der Waals surface area contributed by atoms with Crippen molar-refractivity contribution < 1.29 is 9.59 Å². The molecular formula is C21H24N4O2. The smallest absolute Gasteiger partial charge is 0.255 e. The van der Waals surface area contributed by atoms with Crippen LogP contribution in [0, 0.1) is 5.92 Å². The Bertz CT molecular complexity index is 824. The average molecular weight is 364 g/mol. The quantitative estimate of drug-likeness (QED) is 0.849. The minimum absolute atomic E-state index is 0.0636. The second-order valence-corrected chi connectivity index (χ2v) is 7.22. The number of rotatable bonds is 5. The second-order valence-electron chi connectivity index (χ2n) is 7.22. The topological polar surface area (TPSA) is 74.3 Å². The van der Waals surface area contributed by atoms with Gasteiger partial charge in [0.1, 0.15) is 0 Å². The van der Waals surface area contributed by atoms with Crippen molar-refractivity contribution in [3.8, 4) is 0 Å². The highest BCUT2D eigenvalue weighted by Gasteiger charge is 2.29. The SMILES string of the molecule is O=C(Nc1cccnc1N1CCCCC1)c1ccc(NC(=O)C2CC2)cc1. The Morgan fingerprint density at radius 3 is 2.41 bits per heavy atom. The van der Waals surface area contributed by atoms with Crippen molar-refractivity contribution in [1.82, 2.24) is 4.98 Å². The van der Waals surface area contributed by atoms with E-state index in [0.29, 0.717) is 5.56 Å². The summed E-state index contributed by atoms with van der Waals surface area (Å²) in [5.41, 5.74) is 2.00. The van der Waals surface area contributed by atoms with Gasteiger partial charge in [-0.1, -0.05) is 0 Å². The predicted octanol–water partition coefficient (Wildman–Crippen LogP) is 3.67. The van der Waals surface area contributed by atoms with Crippen molar-refractivity contribution >= 4 is 29.0 Å². The molecule has 140 valence electrons. The van der Waals surface area contributed by atoms with Crippen LogP contribution in [-0.4, -0.2) is 29.9 Å². The molecule has 2 amide bonds. The predicted molar refractivity (Wildman–Crippen MR) is 106 cm³/mol. The summed E-state index contributed by atoms with van der Waals surface area (Å²) in [6.07, 6.45) is 7.25. The van der Waals surface area contributed by atoms with Gasteiger partial charge in [-0.15, -0.1) is 0 Å². The first-order valence-electron chi connectivity index (χ1n) is 9.63. The number of pyridine rings is 1. The van der Waals surface area contributed by atoms with Crippen molar-refractivity contribution in [1.29, 1.82) is 0 Å². The number of nitrogens with one attached hydrogen (secondary N) is 2. The van der Waals surface area contributed by atoms with E-state index in [1.54, 1.807) is 30.5 Å². The fourth-order valence-electron chi connectivity index (χ4n) is 3.34. The highest BCUT2D eigenvalue weighted by atomic mass is 16.2. The number of nitrogens with zero attached hydrogens (tertiary/aromatic N) is 2. The summed E-state index contributed by atoms with van der Waals surface area (Å²) in [4.78, 5) is 31.2. The molecule has 2 heterocycles. The number of piperidine rings is 1. The number of aromatic nitrogens is 1. The molecule has 0 unspecified atom stereocenters. The summed E-state index contributed by atoms with van der Waals surface area (Å²) < 4.78 is 0. The van der Waals surface area contributed by atoms with Crippen molar-refractivity contribution in [2.75, 3.05) is 28.6 Å². The van der Waals surface area contributed by atoms with Crippen LogP contribution in [0.3, 0.4) is 0 Å². The molecule has 6 heteroatoms. The van der Waals surface area contributed by atoms with Gasteiger partial charge in [0.25, 0.3) is 5.91 Å². The number of carbonyl (C=O) groups is 2. The lowest BCUT2D eigenvalue weighted by atomic mass is 10.1. The van der Waals surface area contributed by atoms with Crippen molar-refractivity contribution in [2.24, 2.45) is 5.92 Å². The van der Waals surface area contributed by atoms with Crippen LogP contribution in [0.15, 0.2) is 42.6 Å². The van der Waals surface area contributed by atoms with Gasteiger partial charge in [0.15, 0.2) is 5.82 Å². The Hall–Kier alpha value is -2.89. The number of anilines is 3. The highest BCUT2D eigenvalue weighted by Crippen LogP contribution is 2.30. The van der Waals surface area contributed by atoms with Crippen LogP contribution in [0.5, 0.6) is 0 Å². The van der Waals surface area contributed by atoms with Gasteiger partial charge in [0.2, 0.25) is 5.91 Å². The van der Waals surface area contributed by atoms with E-state index in [1.807, 2.05) is 12.1 Å². The minimum Gasteiger partial charge on any atom is -0.355 e. The molecule has 1 aliphatic carbocycles. The largest absolute Gasteiger partial charge is 0.355 e. The third-order valence-electron chi connectivity index (χ3n) is 5.05. The van der Waals surface area contributed by atoms with Crippen LogP contribution in [0.2, 0.25) is 0 Å². The lowest BCUT2D eigenvalue weighted by Gasteiger charge is -2.29. The molecule has 0 spiro atoms. The molecule has 1 aliphatic heterocycles. The molecule has 2 aliphatic rings. The molecule has 27 heavy (non-hydrogen) atoms. The number of carbonyl (C=O) groups excluding carboxylic acids is 2. The summed E-state index contributed by atoms with van der Waals surface area (Å²) in [6, 6.07) is 10.7. The maximum Gasteiger partial charge on any atom is 0.255 e. The lowest BCUT2D eigenvalue weighted by molar-refractivity contribution is -0.117. The van der Waals surface area contributed by atoms with E-state index >= 15 is 0 Å². The zero-order valence-corrected chi connectivity index (χ0v) is 15.3. The maximum absolute atomic E-state index is 12.7. The van der Waals surface area contributed by atoms with Crippen LogP contribution >= 0.6 is 0 Å². The number of amides is 2. The summed E-state index contributed by atoms with van der Waals surface area (Å²) in [5, 5.41) is 5.87.